The van der Waals surface area contributed by atoms with Crippen molar-refractivity contribution in [2.24, 2.45) is 5.92 Å². The van der Waals surface area contributed by atoms with Crippen molar-refractivity contribution in [3.8, 4) is 5.75 Å². The van der Waals surface area contributed by atoms with Crippen LogP contribution in [-0.2, 0) is 13.2 Å². The third-order valence-corrected chi connectivity index (χ3v) is 5.32. The molecule has 0 saturated carbocycles. The average Bonchev–Trinajstić information content (AvgIpc) is 3.48. The van der Waals surface area contributed by atoms with Gasteiger partial charge in [-0.25, -0.2) is 4.85 Å². The summed E-state index contributed by atoms with van der Waals surface area (Å²) in [6.07, 6.45) is 8.51. The average molecular weight is 430 g/mol. The monoisotopic (exact) mass is 429 g/mol. The quantitative estimate of drug-likeness (QED) is 0.492. The maximum absolute atomic E-state index is 7.16. The van der Waals surface area contributed by atoms with E-state index >= 15 is 0 Å². The zero-order chi connectivity index (χ0) is 22.2. The smallest absolute Gasteiger partial charge is 0.205 e. The minimum Gasteiger partial charge on any atom is -0.487 e. The standard InChI is InChI=1S/C25H27N5O2/c1-18-7-24(30-32-18)17-31-25-10-19(3-4-20-9-23(26-2)16-29-12-20)8-22(11-25)15-28-14-21-5-6-27-13-21/h3-4,7-12,16,21,27-28H,5-6,13-15,17H2,1H3/b4-3+. The van der Waals surface area contributed by atoms with E-state index in [2.05, 4.69) is 37.8 Å². The molecule has 32 heavy (non-hydrogen) atoms. The number of rotatable bonds is 9. The van der Waals surface area contributed by atoms with Gasteiger partial charge < -0.3 is 19.9 Å². The van der Waals surface area contributed by atoms with Crippen molar-refractivity contribution in [1.29, 1.82) is 0 Å². The predicted octanol–water partition coefficient (Wildman–Crippen LogP) is 4.38. The number of nitrogens with one attached hydrogen (secondary N) is 2. The van der Waals surface area contributed by atoms with E-state index in [9.17, 15) is 0 Å². The molecule has 0 radical (unpaired) electrons. The number of benzene rings is 1. The lowest BCUT2D eigenvalue weighted by Gasteiger charge is -2.12. The van der Waals surface area contributed by atoms with Crippen molar-refractivity contribution in [2.75, 3.05) is 19.6 Å². The van der Waals surface area contributed by atoms with Crippen molar-refractivity contribution in [2.45, 2.75) is 26.5 Å². The van der Waals surface area contributed by atoms with Crippen LogP contribution < -0.4 is 15.4 Å². The Bertz CT molecular complexity index is 1110. The van der Waals surface area contributed by atoms with E-state index in [0.717, 1.165) is 60.1 Å². The van der Waals surface area contributed by atoms with Gasteiger partial charge in [0.15, 0.2) is 0 Å². The molecular formula is C25H27N5O2. The van der Waals surface area contributed by atoms with Gasteiger partial charge in [0.05, 0.1) is 6.57 Å². The molecule has 0 bridgehead atoms. The minimum atomic E-state index is 0.349. The molecule has 0 amide bonds. The highest BCUT2D eigenvalue weighted by Gasteiger charge is 2.13. The van der Waals surface area contributed by atoms with Gasteiger partial charge in [-0.3, -0.25) is 4.98 Å². The number of ether oxygens (including phenoxy) is 1. The van der Waals surface area contributed by atoms with Gasteiger partial charge in [0.1, 0.15) is 23.8 Å². The Balaban J connectivity index is 1.48. The van der Waals surface area contributed by atoms with Crippen molar-refractivity contribution < 1.29 is 9.26 Å². The van der Waals surface area contributed by atoms with E-state index in [1.54, 1.807) is 12.4 Å². The number of hydrogen-bond acceptors (Lipinski definition) is 6. The van der Waals surface area contributed by atoms with Crippen molar-refractivity contribution >= 4 is 17.8 Å². The van der Waals surface area contributed by atoms with Gasteiger partial charge in [-0.2, -0.15) is 0 Å². The van der Waals surface area contributed by atoms with E-state index in [4.69, 9.17) is 15.8 Å². The van der Waals surface area contributed by atoms with Crippen LogP contribution in [0.2, 0.25) is 0 Å². The van der Waals surface area contributed by atoms with Gasteiger partial charge >= 0.3 is 0 Å². The molecule has 1 unspecified atom stereocenters. The van der Waals surface area contributed by atoms with Crippen LogP contribution in [-0.4, -0.2) is 29.8 Å². The highest BCUT2D eigenvalue weighted by molar-refractivity contribution is 5.71. The van der Waals surface area contributed by atoms with E-state index in [0.29, 0.717) is 18.2 Å². The molecule has 3 heterocycles. The highest BCUT2D eigenvalue weighted by Crippen LogP contribution is 2.22. The normalized spacial score (nSPS) is 15.8. The summed E-state index contributed by atoms with van der Waals surface area (Å²) in [6, 6.07) is 9.90. The van der Waals surface area contributed by atoms with Crippen LogP contribution in [0.4, 0.5) is 5.69 Å². The molecule has 7 heteroatoms. The Morgan fingerprint density at radius 3 is 2.91 bits per heavy atom. The summed E-state index contributed by atoms with van der Waals surface area (Å²) in [5.41, 5.74) is 4.34. The van der Waals surface area contributed by atoms with Gasteiger partial charge in [-0.05, 0) is 73.8 Å². The predicted molar refractivity (Wildman–Crippen MR) is 124 cm³/mol. The van der Waals surface area contributed by atoms with Crippen LogP contribution in [0.1, 0.15) is 34.6 Å². The third-order valence-electron chi connectivity index (χ3n) is 5.32. The van der Waals surface area contributed by atoms with Gasteiger partial charge in [-0.15, -0.1) is 0 Å². The molecule has 7 nitrogen and oxygen atoms in total. The maximum atomic E-state index is 7.16. The van der Waals surface area contributed by atoms with Crippen LogP contribution in [0, 0.1) is 19.4 Å². The number of nitrogens with zero attached hydrogens (tertiary/aromatic N) is 3. The van der Waals surface area contributed by atoms with E-state index in [-0.39, 0.29) is 0 Å². The first-order valence-electron chi connectivity index (χ1n) is 10.8. The SMILES string of the molecule is [C-]#[N+]c1cncc(/C=C/c2cc(CNCC3CCNC3)cc(OCc3cc(C)on3)c2)c1. The Labute approximate surface area is 188 Å². The van der Waals surface area contributed by atoms with E-state index in [1.807, 2.05) is 37.3 Å². The summed E-state index contributed by atoms with van der Waals surface area (Å²) in [6.45, 7) is 13.3. The summed E-state index contributed by atoms with van der Waals surface area (Å²) < 4.78 is 11.1. The summed E-state index contributed by atoms with van der Waals surface area (Å²) in [4.78, 5) is 7.57. The van der Waals surface area contributed by atoms with Crippen molar-refractivity contribution in [1.82, 2.24) is 20.8 Å². The van der Waals surface area contributed by atoms with Crippen LogP contribution in [0.5, 0.6) is 5.75 Å². The second-order valence-electron chi connectivity index (χ2n) is 8.04. The van der Waals surface area contributed by atoms with Gasteiger partial charge in [0, 0.05) is 25.0 Å². The fourth-order valence-electron chi connectivity index (χ4n) is 3.71. The molecule has 0 spiro atoms. The molecule has 2 aromatic heterocycles. The van der Waals surface area contributed by atoms with Gasteiger partial charge in [0.25, 0.3) is 0 Å². The second kappa shape index (κ2) is 10.7. The molecule has 1 saturated heterocycles. The molecule has 1 atom stereocenters. The lowest BCUT2D eigenvalue weighted by molar-refractivity contribution is 0.287. The minimum absolute atomic E-state index is 0.349. The Morgan fingerprint density at radius 2 is 2.12 bits per heavy atom. The van der Waals surface area contributed by atoms with Crippen LogP contribution in [0.15, 0.2) is 47.2 Å². The van der Waals surface area contributed by atoms with E-state index < -0.39 is 0 Å². The summed E-state index contributed by atoms with van der Waals surface area (Å²) >= 11 is 0. The topological polar surface area (TPSA) is 76.6 Å². The first kappa shape index (κ1) is 21.8. The molecule has 1 aliphatic rings. The lowest BCUT2D eigenvalue weighted by Crippen LogP contribution is -2.24. The van der Waals surface area contributed by atoms with E-state index in [1.165, 1.54) is 6.42 Å². The van der Waals surface area contributed by atoms with Gasteiger partial charge in [0.2, 0.25) is 5.69 Å². The Kier molecular flexibility index (Phi) is 7.28. The Morgan fingerprint density at radius 1 is 1.22 bits per heavy atom. The largest absolute Gasteiger partial charge is 0.487 e. The lowest BCUT2D eigenvalue weighted by atomic mass is 10.1. The molecule has 1 aromatic carbocycles. The summed E-state index contributed by atoms with van der Waals surface area (Å²) in [7, 11) is 0. The zero-order valence-electron chi connectivity index (χ0n) is 18.2. The third kappa shape index (κ3) is 6.27. The number of hydrogen-bond donors (Lipinski definition) is 2. The van der Waals surface area contributed by atoms with Crippen molar-refractivity contribution in [3.05, 3.63) is 82.3 Å². The summed E-state index contributed by atoms with van der Waals surface area (Å²) in [5.74, 6) is 2.23. The molecule has 4 rings (SSSR count). The number of aromatic nitrogens is 2. The molecule has 2 N–H and O–H groups in total. The maximum Gasteiger partial charge on any atom is 0.205 e. The molecular weight excluding hydrogens is 402 g/mol. The van der Waals surface area contributed by atoms with Crippen LogP contribution in [0.3, 0.4) is 0 Å². The molecule has 164 valence electrons. The first-order valence-corrected chi connectivity index (χ1v) is 10.8. The fourth-order valence-corrected chi connectivity index (χ4v) is 3.71. The van der Waals surface area contributed by atoms with Gasteiger partial charge in [-0.1, -0.05) is 23.4 Å². The molecule has 0 aliphatic carbocycles. The molecule has 3 aromatic rings. The number of pyridine rings is 1. The first-order chi connectivity index (χ1) is 15.7. The van der Waals surface area contributed by atoms with Crippen molar-refractivity contribution in [3.63, 3.8) is 0 Å². The summed E-state index contributed by atoms with van der Waals surface area (Å²) in [5, 5.41) is 11.0. The Hall–Kier alpha value is -3.47. The second-order valence-corrected chi connectivity index (χ2v) is 8.04. The number of aryl methyl sites for hydroxylation is 1. The zero-order valence-corrected chi connectivity index (χ0v) is 18.2. The van der Waals surface area contributed by atoms with Crippen LogP contribution in [0.25, 0.3) is 17.0 Å². The highest BCUT2D eigenvalue weighted by atomic mass is 16.5. The fraction of sp³-hybridized carbons (Fsp3) is 0.320. The molecule has 1 fully saturated rings. The van der Waals surface area contributed by atoms with Crippen LogP contribution >= 0.6 is 0 Å². The molecule has 1 aliphatic heterocycles.